The predicted molar refractivity (Wildman–Crippen MR) is 136 cm³/mol. The van der Waals surface area contributed by atoms with Crippen molar-refractivity contribution in [2.75, 3.05) is 37.7 Å². The van der Waals surface area contributed by atoms with E-state index in [1.807, 2.05) is 65.6 Å². The maximum atomic E-state index is 12.8. The number of aromatic nitrogens is 2. The van der Waals surface area contributed by atoms with E-state index < -0.39 is 0 Å². The molecule has 1 aliphatic heterocycles. The second kappa shape index (κ2) is 11.3. The fourth-order valence-electron chi connectivity index (χ4n) is 4.50. The highest BCUT2D eigenvalue weighted by Crippen LogP contribution is 2.31. The van der Waals surface area contributed by atoms with Crippen molar-refractivity contribution in [1.29, 1.82) is 0 Å². The van der Waals surface area contributed by atoms with Crippen LogP contribution in [-0.2, 0) is 16.1 Å². The molecule has 1 saturated heterocycles. The minimum atomic E-state index is 0.0470. The Labute approximate surface area is 202 Å². The summed E-state index contributed by atoms with van der Waals surface area (Å²) in [7, 11) is 0. The zero-order valence-corrected chi connectivity index (χ0v) is 20.4. The largest absolute Gasteiger partial charge is 0.367 e. The zero-order valence-electron chi connectivity index (χ0n) is 20.4. The highest BCUT2D eigenvalue weighted by molar-refractivity contribution is 5.77. The molecule has 0 N–H and O–H groups in total. The maximum absolute atomic E-state index is 12.8. The van der Waals surface area contributed by atoms with E-state index in [1.165, 1.54) is 5.56 Å². The van der Waals surface area contributed by atoms with Crippen molar-refractivity contribution in [3.63, 3.8) is 0 Å². The van der Waals surface area contributed by atoms with E-state index in [4.69, 9.17) is 14.7 Å². The molecule has 6 nitrogen and oxygen atoms in total. The van der Waals surface area contributed by atoms with Gasteiger partial charge in [-0.15, -0.1) is 0 Å². The lowest BCUT2D eigenvalue weighted by atomic mass is 10.0. The molecule has 0 spiro atoms. The molecule has 1 fully saturated rings. The van der Waals surface area contributed by atoms with Crippen molar-refractivity contribution in [1.82, 2.24) is 14.9 Å². The fourth-order valence-corrected chi connectivity index (χ4v) is 4.50. The van der Waals surface area contributed by atoms with Crippen molar-refractivity contribution in [3.8, 4) is 11.4 Å². The molecule has 0 saturated carbocycles. The number of amides is 1. The molecular weight excluding hydrogens is 424 g/mol. The van der Waals surface area contributed by atoms with Gasteiger partial charge in [0.2, 0.25) is 5.91 Å². The summed E-state index contributed by atoms with van der Waals surface area (Å²) in [6.07, 6.45) is 0.895. The Hall–Kier alpha value is -3.25. The Morgan fingerprint density at radius 2 is 1.65 bits per heavy atom. The highest BCUT2D eigenvalue weighted by atomic mass is 16.5. The number of carbonyl (C=O) groups is 1. The van der Waals surface area contributed by atoms with Crippen molar-refractivity contribution < 1.29 is 9.53 Å². The molecule has 0 atom stereocenters. The van der Waals surface area contributed by atoms with Gasteiger partial charge in [0.15, 0.2) is 5.82 Å². The number of carbonyl (C=O) groups excluding carboxylic acids is 1. The van der Waals surface area contributed by atoms with Crippen LogP contribution in [0.15, 0.2) is 60.7 Å². The Morgan fingerprint density at radius 3 is 2.35 bits per heavy atom. The van der Waals surface area contributed by atoms with Gasteiger partial charge in [-0.2, -0.15) is 0 Å². The number of hydrogen-bond acceptors (Lipinski definition) is 5. The quantitative estimate of drug-likeness (QED) is 0.508. The van der Waals surface area contributed by atoms with Crippen LogP contribution in [0.1, 0.15) is 43.0 Å². The van der Waals surface area contributed by atoms with Crippen molar-refractivity contribution in [3.05, 3.63) is 77.5 Å². The van der Waals surface area contributed by atoms with Crippen LogP contribution >= 0.6 is 0 Å². The fraction of sp³-hybridized carbons (Fsp3) is 0.393. The molecule has 1 aliphatic rings. The third-order valence-corrected chi connectivity index (χ3v) is 6.21. The molecule has 0 unspecified atom stereocenters. The summed E-state index contributed by atoms with van der Waals surface area (Å²) in [6.45, 7) is 10.0. The number of benzene rings is 2. The molecule has 178 valence electrons. The third-order valence-electron chi connectivity index (χ3n) is 6.21. The molecule has 1 amide bonds. The second-order valence-electron chi connectivity index (χ2n) is 9.09. The van der Waals surface area contributed by atoms with Gasteiger partial charge in [0.25, 0.3) is 0 Å². The Morgan fingerprint density at radius 1 is 0.941 bits per heavy atom. The van der Waals surface area contributed by atoms with Crippen molar-refractivity contribution in [2.45, 2.75) is 39.7 Å². The van der Waals surface area contributed by atoms with Crippen LogP contribution in [0.25, 0.3) is 11.4 Å². The highest BCUT2D eigenvalue weighted by Gasteiger charge is 2.24. The third kappa shape index (κ3) is 5.81. The lowest BCUT2D eigenvalue weighted by Gasteiger charge is -2.27. The monoisotopic (exact) mass is 458 g/mol. The van der Waals surface area contributed by atoms with Gasteiger partial charge in [0, 0.05) is 43.0 Å². The molecular formula is C28H34N4O2. The lowest BCUT2D eigenvalue weighted by molar-refractivity contribution is -0.136. The van der Waals surface area contributed by atoms with Gasteiger partial charge in [-0.3, -0.25) is 4.79 Å². The van der Waals surface area contributed by atoms with E-state index in [0.29, 0.717) is 19.1 Å². The molecule has 0 radical (unpaired) electrons. The first-order chi connectivity index (χ1) is 16.5. The zero-order chi connectivity index (χ0) is 23.9. The summed E-state index contributed by atoms with van der Waals surface area (Å²) in [5, 5.41) is 0. The Bertz CT molecular complexity index is 1090. The van der Waals surface area contributed by atoms with E-state index in [1.54, 1.807) is 0 Å². The molecule has 1 aromatic heterocycles. The summed E-state index contributed by atoms with van der Waals surface area (Å²) in [5.41, 5.74) is 4.30. The smallest absolute Gasteiger partial charge is 0.248 e. The maximum Gasteiger partial charge on any atom is 0.248 e. The first-order valence-corrected chi connectivity index (χ1v) is 12.1. The average molecular weight is 459 g/mol. The van der Waals surface area contributed by atoms with Gasteiger partial charge in [-0.1, -0.05) is 74.5 Å². The Kier molecular flexibility index (Phi) is 7.91. The summed E-state index contributed by atoms with van der Waals surface area (Å²) in [4.78, 5) is 26.9. The van der Waals surface area contributed by atoms with Crippen molar-refractivity contribution >= 4 is 11.7 Å². The van der Waals surface area contributed by atoms with Crippen LogP contribution in [-0.4, -0.2) is 53.6 Å². The molecule has 2 heterocycles. The van der Waals surface area contributed by atoms with Crippen LogP contribution < -0.4 is 4.90 Å². The molecule has 0 bridgehead atoms. The number of anilines is 1. The van der Waals surface area contributed by atoms with Gasteiger partial charge >= 0.3 is 0 Å². The van der Waals surface area contributed by atoms with E-state index in [0.717, 1.165) is 54.5 Å². The SMILES string of the molecule is Cc1nc(-c2ccccc2)nc(N2CCCN(C(=O)COCc3ccccc3)CC2)c1C(C)C. The minimum Gasteiger partial charge on any atom is -0.367 e. The number of nitrogens with zero attached hydrogens (tertiary/aromatic N) is 4. The average Bonchev–Trinajstić information content (AvgIpc) is 3.11. The van der Waals surface area contributed by atoms with Gasteiger partial charge < -0.3 is 14.5 Å². The summed E-state index contributed by atoms with van der Waals surface area (Å²) in [5.74, 6) is 2.11. The van der Waals surface area contributed by atoms with Crippen LogP contribution in [0.2, 0.25) is 0 Å². The van der Waals surface area contributed by atoms with E-state index in [9.17, 15) is 4.79 Å². The number of hydrogen-bond donors (Lipinski definition) is 0. The normalized spacial score (nSPS) is 14.4. The molecule has 4 rings (SSSR count). The molecule has 34 heavy (non-hydrogen) atoms. The summed E-state index contributed by atoms with van der Waals surface area (Å²) in [6, 6.07) is 20.1. The number of rotatable bonds is 7. The van der Waals surface area contributed by atoms with Gasteiger partial charge in [0.05, 0.1) is 6.61 Å². The number of aryl methyl sites for hydroxylation is 1. The first-order valence-electron chi connectivity index (χ1n) is 12.1. The molecule has 0 aliphatic carbocycles. The minimum absolute atomic E-state index is 0.0470. The van der Waals surface area contributed by atoms with E-state index in [-0.39, 0.29) is 12.5 Å². The van der Waals surface area contributed by atoms with E-state index >= 15 is 0 Å². The number of ether oxygens (including phenoxy) is 1. The van der Waals surface area contributed by atoms with Crippen LogP contribution in [0, 0.1) is 6.92 Å². The summed E-state index contributed by atoms with van der Waals surface area (Å²) >= 11 is 0. The topological polar surface area (TPSA) is 58.6 Å². The Balaban J connectivity index is 1.45. The second-order valence-corrected chi connectivity index (χ2v) is 9.09. The van der Waals surface area contributed by atoms with E-state index in [2.05, 4.69) is 25.7 Å². The summed E-state index contributed by atoms with van der Waals surface area (Å²) < 4.78 is 5.69. The van der Waals surface area contributed by atoms with Gasteiger partial charge in [-0.25, -0.2) is 9.97 Å². The van der Waals surface area contributed by atoms with Gasteiger partial charge in [0.1, 0.15) is 12.4 Å². The van der Waals surface area contributed by atoms with Crippen LogP contribution in [0.3, 0.4) is 0 Å². The molecule has 2 aromatic carbocycles. The van der Waals surface area contributed by atoms with Crippen molar-refractivity contribution in [2.24, 2.45) is 0 Å². The van der Waals surface area contributed by atoms with Crippen LogP contribution in [0.5, 0.6) is 0 Å². The first kappa shape index (κ1) is 23.9. The van der Waals surface area contributed by atoms with Gasteiger partial charge in [-0.05, 0) is 24.8 Å². The molecule has 3 aromatic rings. The molecule has 6 heteroatoms. The lowest BCUT2D eigenvalue weighted by Crippen LogP contribution is -2.37. The van der Waals surface area contributed by atoms with Crippen LogP contribution in [0.4, 0.5) is 5.82 Å². The standard InChI is InChI=1S/C28H34N4O2/c1-21(2)26-22(3)29-27(24-13-8-5-9-14-24)30-28(26)32-16-10-15-31(17-18-32)25(33)20-34-19-23-11-6-4-7-12-23/h4-9,11-14,21H,10,15-20H2,1-3H3. The predicted octanol–water partition coefficient (Wildman–Crippen LogP) is 4.83.